The third-order valence-corrected chi connectivity index (χ3v) is 5.67. The zero-order valence-electron chi connectivity index (χ0n) is 13.4. The summed E-state index contributed by atoms with van der Waals surface area (Å²) in [5, 5.41) is 0. The van der Waals surface area contributed by atoms with Gasteiger partial charge in [-0.2, -0.15) is 0 Å². The number of nitrogens with zero attached hydrogens (tertiary/aromatic N) is 3. The van der Waals surface area contributed by atoms with Crippen molar-refractivity contribution in [1.29, 1.82) is 0 Å². The first kappa shape index (κ1) is 15.5. The normalized spacial score (nSPS) is 24.9. The molecule has 0 aliphatic carbocycles. The van der Waals surface area contributed by atoms with Crippen LogP contribution in [0.25, 0.3) is 0 Å². The highest BCUT2D eigenvalue weighted by atomic mass is 32.1. The number of carbonyl (C=O) groups excluding carboxylic acids is 2. The summed E-state index contributed by atoms with van der Waals surface area (Å²) >= 11 is 1.82. The van der Waals surface area contributed by atoms with E-state index in [1.165, 1.54) is 9.75 Å². The van der Waals surface area contributed by atoms with Gasteiger partial charge in [-0.3, -0.25) is 14.5 Å². The molecule has 22 heavy (non-hydrogen) atoms. The highest BCUT2D eigenvalue weighted by Gasteiger charge is 2.47. The number of rotatable bonds is 4. The molecule has 0 saturated carbocycles. The fourth-order valence-corrected chi connectivity index (χ4v) is 4.38. The van der Waals surface area contributed by atoms with E-state index in [1.54, 1.807) is 23.9 Å². The third-order valence-electron chi connectivity index (χ3n) is 4.69. The Balaban J connectivity index is 1.67. The Hall–Kier alpha value is -1.40. The molecule has 0 N–H and O–H groups in total. The molecule has 2 atom stereocenters. The van der Waals surface area contributed by atoms with Crippen molar-refractivity contribution in [3.63, 3.8) is 0 Å². The van der Waals surface area contributed by atoms with E-state index in [0.29, 0.717) is 6.42 Å². The Morgan fingerprint density at radius 1 is 1.36 bits per heavy atom. The third kappa shape index (κ3) is 2.90. The number of fused-ring (bicyclic) bond motifs is 1. The van der Waals surface area contributed by atoms with E-state index in [0.717, 1.165) is 19.5 Å². The SMILES string of the molecule is Cc1ccc(CN2CC[C@H]3[C@H]2CC(=O)N3CC(=O)N(C)C)s1. The van der Waals surface area contributed by atoms with Gasteiger partial charge in [0.25, 0.3) is 0 Å². The Morgan fingerprint density at radius 3 is 2.77 bits per heavy atom. The van der Waals surface area contributed by atoms with Crippen molar-refractivity contribution >= 4 is 23.2 Å². The molecular formula is C16H23N3O2S. The van der Waals surface area contributed by atoms with Crippen LogP contribution in [0.2, 0.25) is 0 Å². The number of hydrogen-bond donors (Lipinski definition) is 0. The van der Waals surface area contributed by atoms with E-state index >= 15 is 0 Å². The van der Waals surface area contributed by atoms with Gasteiger partial charge < -0.3 is 9.80 Å². The van der Waals surface area contributed by atoms with Gasteiger partial charge in [0.05, 0.1) is 0 Å². The number of amides is 2. The van der Waals surface area contributed by atoms with E-state index in [2.05, 4.69) is 24.0 Å². The summed E-state index contributed by atoms with van der Waals surface area (Å²) in [7, 11) is 3.47. The molecule has 1 aromatic rings. The minimum atomic E-state index is 0.00123. The maximum atomic E-state index is 12.3. The van der Waals surface area contributed by atoms with Crippen LogP contribution in [0.1, 0.15) is 22.6 Å². The second-order valence-corrected chi connectivity index (χ2v) is 7.79. The molecule has 0 unspecified atom stereocenters. The molecule has 120 valence electrons. The van der Waals surface area contributed by atoms with Crippen LogP contribution in [0.15, 0.2) is 12.1 Å². The molecule has 2 saturated heterocycles. The van der Waals surface area contributed by atoms with Crippen LogP contribution in [-0.4, -0.2) is 65.8 Å². The fraction of sp³-hybridized carbons (Fsp3) is 0.625. The zero-order valence-corrected chi connectivity index (χ0v) is 14.2. The van der Waals surface area contributed by atoms with Crippen LogP contribution < -0.4 is 0 Å². The minimum absolute atomic E-state index is 0.00123. The average molecular weight is 321 g/mol. The van der Waals surface area contributed by atoms with Crippen LogP contribution in [-0.2, 0) is 16.1 Å². The van der Waals surface area contributed by atoms with Gasteiger partial charge in [-0.25, -0.2) is 0 Å². The first-order chi connectivity index (χ1) is 10.5. The van der Waals surface area contributed by atoms with Crippen molar-refractivity contribution in [2.24, 2.45) is 0 Å². The molecule has 2 amide bonds. The summed E-state index contributed by atoms with van der Waals surface area (Å²) in [4.78, 5) is 32.7. The van der Waals surface area contributed by atoms with Gasteiger partial charge >= 0.3 is 0 Å². The smallest absolute Gasteiger partial charge is 0.241 e. The Labute approximate surface area is 135 Å². The van der Waals surface area contributed by atoms with Crippen LogP contribution in [0.4, 0.5) is 0 Å². The van der Waals surface area contributed by atoms with Gasteiger partial charge in [0.2, 0.25) is 11.8 Å². The quantitative estimate of drug-likeness (QED) is 0.840. The van der Waals surface area contributed by atoms with Gasteiger partial charge in [0.1, 0.15) is 6.54 Å². The van der Waals surface area contributed by atoms with Gasteiger partial charge in [-0.1, -0.05) is 0 Å². The Bertz CT molecular complexity index is 584. The predicted molar refractivity (Wildman–Crippen MR) is 86.7 cm³/mol. The Morgan fingerprint density at radius 2 is 2.14 bits per heavy atom. The Kier molecular flexibility index (Phi) is 4.23. The standard InChI is InChI=1S/C16H23N3O2S/c1-11-4-5-12(22-11)9-18-7-6-13-14(18)8-15(20)19(13)10-16(21)17(2)3/h4-5,13-14H,6-10H2,1-3H3/t13-,14+/m0/s1. The van der Waals surface area contributed by atoms with E-state index in [4.69, 9.17) is 0 Å². The van der Waals surface area contributed by atoms with E-state index in [9.17, 15) is 9.59 Å². The van der Waals surface area contributed by atoms with E-state index < -0.39 is 0 Å². The monoisotopic (exact) mass is 321 g/mol. The molecule has 0 spiro atoms. The summed E-state index contributed by atoms with van der Waals surface area (Å²) in [6.45, 7) is 4.27. The van der Waals surface area contributed by atoms with Crippen molar-refractivity contribution in [3.05, 3.63) is 21.9 Å². The molecule has 2 aliphatic heterocycles. The second kappa shape index (κ2) is 6.01. The van der Waals surface area contributed by atoms with Crippen molar-refractivity contribution in [2.45, 2.75) is 38.4 Å². The van der Waals surface area contributed by atoms with Crippen molar-refractivity contribution in [2.75, 3.05) is 27.2 Å². The number of likely N-dealkylation sites (tertiary alicyclic amines) is 2. The number of carbonyl (C=O) groups is 2. The van der Waals surface area contributed by atoms with Crippen molar-refractivity contribution in [3.8, 4) is 0 Å². The largest absolute Gasteiger partial charge is 0.347 e. The van der Waals surface area contributed by atoms with Crippen LogP contribution in [0.3, 0.4) is 0 Å². The maximum absolute atomic E-state index is 12.3. The molecule has 0 bridgehead atoms. The van der Waals surface area contributed by atoms with Crippen LogP contribution in [0.5, 0.6) is 0 Å². The van der Waals surface area contributed by atoms with Gasteiger partial charge in [0, 0.05) is 55.4 Å². The van der Waals surface area contributed by atoms with Crippen LogP contribution in [0, 0.1) is 6.92 Å². The lowest BCUT2D eigenvalue weighted by Crippen LogP contribution is -2.43. The number of hydrogen-bond acceptors (Lipinski definition) is 4. The highest BCUT2D eigenvalue weighted by Crippen LogP contribution is 2.34. The molecule has 2 fully saturated rings. The lowest BCUT2D eigenvalue weighted by molar-refractivity contribution is -0.138. The molecule has 0 radical (unpaired) electrons. The lowest BCUT2D eigenvalue weighted by atomic mass is 10.1. The molecule has 3 heterocycles. The first-order valence-corrected chi connectivity index (χ1v) is 8.56. The highest BCUT2D eigenvalue weighted by molar-refractivity contribution is 7.11. The number of thiophene rings is 1. The van der Waals surface area contributed by atoms with Crippen molar-refractivity contribution < 1.29 is 9.59 Å². The maximum Gasteiger partial charge on any atom is 0.241 e. The molecule has 0 aromatic carbocycles. The van der Waals surface area contributed by atoms with Gasteiger partial charge in [-0.05, 0) is 25.5 Å². The van der Waals surface area contributed by atoms with Crippen LogP contribution >= 0.6 is 11.3 Å². The summed E-state index contributed by atoms with van der Waals surface area (Å²) in [6.07, 6.45) is 1.53. The molecular weight excluding hydrogens is 298 g/mol. The fourth-order valence-electron chi connectivity index (χ4n) is 3.47. The van der Waals surface area contributed by atoms with Crippen molar-refractivity contribution in [1.82, 2.24) is 14.7 Å². The van der Waals surface area contributed by atoms with E-state index in [-0.39, 0.29) is 30.4 Å². The summed E-state index contributed by atoms with van der Waals surface area (Å²) in [5.41, 5.74) is 0. The molecule has 5 nitrogen and oxygen atoms in total. The number of likely N-dealkylation sites (N-methyl/N-ethyl adjacent to an activating group) is 1. The summed E-state index contributed by atoms with van der Waals surface area (Å²) in [5.74, 6) is 0.124. The summed E-state index contributed by atoms with van der Waals surface area (Å²) < 4.78 is 0. The first-order valence-electron chi connectivity index (χ1n) is 7.74. The molecule has 6 heteroatoms. The molecule has 1 aromatic heterocycles. The zero-order chi connectivity index (χ0) is 15.9. The average Bonchev–Trinajstić information content (AvgIpc) is 3.11. The minimum Gasteiger partial charge on any atom is -0.347 e. The molecule has 2 aliphatic rings. The topological polar surface area (TPSA) is 43.9 Å². The lowest BCUT2D eigenvalue weighted by Gasteiger charge is -2.25. The number of aryl methyl sites for hydroxylation is 1. The summed E-state index contributed by atoms with van der Waals surface area (Å²) in [6, 6.07) is 4.80. The second-order valence-electron chi connectivity index (χ2n) is 6.42. The van der Waals surface area contributed by atoms with Gasteiger partial charge in [-0.15, -0.1) is 11.3 Å². The van der Waals surface area contributed by atoms with E-state index in [1.807, 2.05) is 11.3 Å². The van der Waals surface area contributed by atoms with Gasteiger partial charge in [0.15, 0.2) is 0 Å². The predicted octanol–water partition coefficient (Wildman–Crippen LogP) is 1.32. The molecule has 3 rings (SSSR count).